The fourth-order valence-electron chi connectivity index (χ4n) is 4.00. The van der Waals surface area contributed by atoms with E-state index in [0.717, 1.165) is 44.8 Å². The molecule has 178 valence electrons. The summed E-state index contributed by atoms with van der Waals surface area (Å²) in [5.74, 6) is 1.82. The Morgan fingerprint density at radius 1 is 1.03 bits per heavy atom. The summed E-state index contributed by atoms with van der Waals surface area (Å²) < 4.78 is 21.7. The fraction of sp³-hybridized carbons (Fsp3) is 0.500. The van der Waals surface area contributed by atoms with Gasteiger partial charge in [-0.15, -0.1) is 0 Å². The molecule has 0 aliphatic carbocycles. The average Bonchev–Trinajstić information content (AvgIpc) is 3.50. The van der Waals surface area contributed by atoms with Crippen molar-refractivity contribution in [2.24, 2.45) is 0 Å². The molecule has 0 spiro atoms. The van der Waals surface area contributed by atoms with Gasteiger partial charge in [0.1, 0.15) is 5.76 Å². The first kappa shape index (κ1) is 23.1. The monoisotopic (exact) mass is 457 g/mol. The fourth-order valence-corrected chi connectivity index (χ4v) is 4.00. The number of hydrogen-bond donors (Lipinski definition) is 0. The van der Waals surface area contributed by atoms with E-state index in [9.17, 15) is 9.59 Å². The van der Waals surface area contributed by atoms with E-state index in [2.05, 4.69) is 4.90 Å². The van der Waals surface area contributed by atoms with E-state index in [1.54, 1.807) is 22.1 Å². The van der Waals surface area contributed by atoms with Crippen molar-refractivity contribution in [3.63, 3.8) is 0 Å². The van der Waals surface area contributed by atoms with Crippen LogP contribution >= 0.6 is 0 Å². The molecule has 9 nitrogen and oxygen atoms in total. The van der Waals surface area contributed by atoms with Crippen LogP contribution < -0.4 is 9.47 Å². The second-order valence-corrected chi connectivity index (χ2v) is 8.26. The van der Waals surface area contributed by atoms with Crippen LogP contribution in [-0.2, 0) is 27.4 Å². The lowest BCUT2D eigenvalue weighted by molar-refractivity contribution is -0.140. The van der Waals surface area contributed by atoms with E-state index in [1.807, 2.05) is 24.3 Å². The molecule has 0 atom stereocenters. The second-order valence-electron chi connectivity index (χ2n) is 8.26. The number of hydrogen-bond acceptors (Lipinski definition) is 7. The van der Waals surface area contributed by atoms with Gasteiger partial charge < -0.3 is 28.4 Å². The van der Waals surface area contributed by atoms with Gasteiger partial charge in [-0.05, 0) is 36.2 Å². The number of rotatable bonds is 10. The van der Waals surface area contributed by atoms with Crippen LogP contribution in [0.2, 0.25) is 0 Å². The largest absolute Gasteiger partial charge is 0.467 e. The lowest BCUT2D eigenvalue weighted by Gasteiger charge is -2.29. The van der Waals surface area contributed by atoms with Crippen molar-refractivity contribution in [3.05, 3.63) is 47.9 Å². The molecule has 33 heavy (non-hydrogen) atoms. The molecule has 1 fully saturated rings. The van der Waals surface area contributed by atoms with Gasteiger partial charge in [0, 0.05) is 39.6 Å². The van der Waals surface area contributed by atoms with Crippen LogP contribution in [0.3, 0.4) is 0 Å². The third-order valence-corrected chi connectivity index (χ3v) is 5.87. The van der Waals surface area contributed by atoms with Crippen LogP contribution in [0.1, 0.15) is 24.7 Å². The Bertz CT molecular complexity index is 926. The SMILES string of the molecule is CC(=O)N(CCCN1CCOCC1)CC(=O)N(Cc1ccc2c(c1)OCO2)Cc1ccco1. The number of carbonyl (C=O) groups excluding carboxylic acids is 2. The van der Waals surface area contributed by atoms with Gasteiger partial charge in [0.15, 0.2) is 11.5 Å². The van der Waals surface area contributed by atoms with Crippen molar-refractivity contribution in [2.45, 2.75) is 26.4 Å². The van der Waals surface area contributed by atoms with Crippen molar-refractivity contribution < 1.29 is 28.2 Å². The number of carbonyl (C=O) groups is 2. The topological polar surface area (TPSA) is 84.7 Å². The molecule has 2 aliphatic rings. The summed E-state index contributed by atoms with van der Waals surface area (Å²) in [7, 11) is 0. The maximum Gasteiger partial charge on any atom is 0.242 e. The van der Waals surface area contributed by atoms with Gasteiger partial charge in [0.2, 0.25) is 18.6 Å². The molecule has 0 saturated carbocycles. The number of ether oxygens (including phenoxy) is 3. The highest BCUT2D eigenvalue weighted by Gasteiger charge is 2.22. The zero-order valence-electron chi connectivity index (χ0n) is 19.0. The van der Waals surface area contributed by atoms with E-state index in [1.165, 1.54) is 6.92 Å². The highest BCUT2D eigenvalue weighted by molar-refractivity contribution is 5.83. The molecule has 9 heteroatoms. The first-order chi connectivity index (χ1) is 16.1. The Morgan fingerprint density at radius 2 is 1.85 bits per heavy atom. The summed E-state index contributed by atoms with van der Waals surface area (Å²) in [5, 5.41) is 0. The minimum Gasteiger partial charge on any atom is -0.467 e. The Hall–Kier alpha value is -3.04. The number of nitrogens with zero attached hydrogens (tertiary/aromatic N) is 3. The van der Waals surface area contributed by atoms with E-state index < -0.39 is 0 Å². The maximum atomic E-state index is 13.3. The number of furan rings is 1. The summed E-state index contributed by atoms with van der Waals surface area (Å²) in [6.07, 6.45) is 2.40. The van der Waals surface area contributed by atoms with E-state index >= 15 is 0 Å². The number of fused-ring (bicyclic) bond motifs is 1. The van der Waals surface area contributed by atoms with Gasteiger partial charge in [-0.1, -0.05) is 6.07 Å². The Morgan fingerprint density at radius 3 is 2.61 bits per heavy atom. The van der Waals surface area contributed by atoms with Gasteiger partial charge in [0.05, 0.1) is 32.6 Å². The van der Waals surface area contributed by atoms with Crippen LogP contribution in [0.5, 0.6) is 11.5 Å². The molecule has 1 saturated heterocycles. The van der Waals surface area contributed by atoms with Gasteiger partial charge in [0.25, 0.3) is 0 Å². The summed E-state index contributed by atoms with van der Waals surface area (Å²) in [4.78, 5) is 31.2. The molecule has 1 aromatic carbocycles. The first-order valence-electron chi connectivity index (χ1n) is 11.3. The van der Waals surface area contributed by atoms with Crippen molar-refractivity contribution in [3.8, 4) is 11.5 Å². The lowest BCUT2D eigenvalue weighted by atomic mass is 10.2. The molecule has 2 aromatic rings. The number of amides is 2. The van der Waals surface area contributed by atoms with E-state index in [4.69, 9.17) is 18.6 Å². The smallest absolute Gasteiger partial charge is 0.242 e. The first-order valence-corrected chi connectivity index (χ1v) is 11.3. The Balaban J connectivity index is 1.38. The maximum absolute atomic E-state index is 13.3. The van der Waals surface area contributed by atoms with Gasteiger partial charge >= 0.3 is 0 Å². The minimum absolute atomic E-state index is 0.0315. The van der Waals surface area contributed by atoms with Crippen LogP contribution in [0.4, 0.5) is 0 Å². The average molecular weight is 458 g/mol. The summed E-state index contributed by atoms with van der Waals surface area (Å²) in [6.45, 7) is 7.16. The van der Waals surface area contributed by atoms with Crippen molar-refractivity contribution in [1.29, 1.82) is 0 Å². The molecule has 0 N–H and O–H groups in total. The Kier molecular flexibility index (Phi) is 7.85. The molecule has 1 aromatic heterocycles. The molecule has 3 heterocycles. The van der Waals surface area contributed by atoms with Crippen LogP contribution in [0.15, 0.2) is 41.0 Å². The van der Waals surface area contributed by atoms with E-state index in [0.29, 0.717) is 36.9 Å². The molecule has 0 bridgehead atoms. The summed E-state index contributed by atoms with van der Waals surface area (Å²) in [5.41, 5.74) is 0.917. The molecule has 4 rings (SSSR count). The standard InChI is InChI=1S/C24H31N3O6/c1-19(28)26(8-3-7-25-9-12-30-13-10-25)17-24(29)27(16-21-4-2-11-31-21)15-20-5-6-22-23(14-20)33-18-32-22/h2,4-6,11,14H,3,7-10,12-13,15-18H2,1H3. The Labute approximate surface area is 193 Å². The minimum atomic E-state index is -0.134. The predicted octanol–water partition coefficient (Wildman–Crippen LogP) is 2.11. The summed E-state index contributed by atoms with van der Waals surface area (Å²) in [6, 6.07) is 9.29. The number of benzene rings is 1. The van der Waals surface area contributed by atoms with Crippen molar-refractivity contribution >= 4 is 11.8 Å². The van der Waals surface area contributed by atoms with Crippen LogP contribution in [0, 0.1) is 0 Å². The summed E-state index contributed by atoms with van der Waals surface area (Å²) >= 11 is 0. The third-order valence-electron chi connectivity index (χ3n) is 5.87. The zero-order chi connectivity index (χ0) is 23.0. The van der Waals surface area contributed by atoms with Gasteiger partial charge in [-0.25, -0.2) is 0 Å². The van der Waals surface area contributed by atoms with Gasteiger partial charge in [-0.2, -0.15) is 0 Å². The third kappa shape index (κ3) is 6.49. The van der Waals surface area contributed by atoms with Crippen molar-refractivity contribution in [2.75, 3.05) is 52.7 Å². The van der Waals surface area contributed by atoms with E-state index in [-0.39, 0.29) is 25.2 Å². The van der Waals surface area contributed by atoms with Crippen LogP contribution in [-0.4, -0.2) is 79.2 Å². The highest BCUT2D eigenvalue weighted by atomic mass is 16.7. The highest BCUT2D eigenvalue weighted by Crippen LogP contribution is 2.33. The molecular weight excluding hydrogens is 426 g/mol. The molecular formula is C24H31N3O6. The molecule has 2 aliphatic heterocycles. The molecule has 2 amide bonds. The molecule has 0 unspecified atom stereocenters. The van der Waals surface area contributed by atoms with Crippen molar-refractivity contribution in [1.82, 2.24) is 14.7 Å². The quantitative estimate of drug-likeness (QED) is 0.540. The van der Waals surface area contributed by atoms with Crippen LogP contribution in [0.25, 0.3) is 0 Å². The zero-order valence-corrected chi connectivity index (χ0v) is 19.0. The lowest BCUT2D eigenvalue weighted by Crippen LogP contribution is -2.43. The number of morpholine rings is 1. The predicted molar refractivity (Wildman–Crippen MR) is 120 cm³/mol. The second kappa shape index (κ2) is 11.2. The van der Waals surface area contributed by atoms with Gasteiger partial charge in [-0.3, -0.25) is 14.5 Å². The molecule has 0 radical (unpaired) electrons. The normalized spacial score (nSPS) is 15.4.